The highest BCUT2D eigenvalue weighted by Crippen LogP contribution is 2.39. The number of aromatic amines is 1. The summed E-state index contributed by atoms with van der Waals surface area (Å²) in [7, 11) is 1.57. The zero-order valence-corrected chi connectivity index (χ0v) is 25.8. The average Bonchev–Trinajstić information content (AvgIpc) is 3.44. The van der Waals surface area contributed by atoms with Crippen LogP contribution in [0, 0.1) is 0 Å². The fourth-order valence-electron chi connectivity index (χ4n) is 5.09. The predicted molar refractivity (Wildman–Crippen MR) is 174 cm³/mol. The standard InChI is InChI=1S/C31H36ClN9O2S/c1-41(31(43)24(35)13-34)26(11-19-14-38-25-7-3-2-6-21(19)25)29(42)40-15-20-9-18(22-16-39-28(22)36)10-23(32)27(20)44-30-17(12-33)5-4-8-37-30/h2-10,14,16,24,26,28,38-39H,11-13,15,33-36H2,1H3,(H,40,42)/t24-,26-,28-/m0/s1. The summed E-state index contributed by atoms with van der Waals surface area (Å²) in [6.45, 7) is 0.401. The minimum atomic E-state index is -0.930. The fourth-order valence-corrected chi connectivity index (χ4v) is 6.45. The van der Waals surface area contributed by atoms with Crippen LogP contribution in [0.4, 0.5) is 0 Å². The van der Waals surface area contributed by atoms with Crippen LogP contribution < -0.4 is 33.6 Å². The number of hydrogen-bond acceptors (Lipinski definition) is 9. The van der Waals surface area contributed by atoms with Crippen molar-refractivity contribution in [3.63, 3.8) is 0 Å². The van der Waals surface area contributed by atoms with E-state index in [1.54, 1.807) is 13.2 Å². The van der Waals surface area contributed by atoms with Gasteiger partial charge in [0.25, 0.3) is 0 Å². The first-order valence-corrected chi connectivity index (χ1v) is 15.3. The number of rotatable bonds is 12. The molecule has 0 fully saturated rings. The molecule has 4 aromatic rings. The molecular weight excluding hydrogens is 598 g/mol. The Bertz CT molecular complexity index is 1710. The van der Waals surface area contributed by atoms with E-state index in [4.69, 9.17) is 34.5 Å². The molecule has 2 aromatic heterocycles. The molecule has 11 nitrogen and oxygen atoms in total. The van der Waals surface area contributed by atoms with Gasteiger partial charge in [-0.2, -0.15) is 0 Å². The number of nitrogens with two attached hydrogens (primary N) is 4. The maximum Gasteiger partial charge on any atom is 0.243 e. The molecule has 1 aliphatic heterocycles. The summed E-state index contributed by atoms with van der Waals surface area (Å²) in [5, 5.41) is 8.24. The number of likely N-dealkylation sites (N-methyl/N-ethyl adjacent to an activating group) is 1. The molecule has 5 rings (SSSR count). The van der Waals surface area contributed by atoms with Crippen LogP contribution in [0.25, 0.3) is 16.5 Å². The van der Waals surface area contributed by atoms with Gasteiger partial charge in [0, 0.05) is 73.1 Å². The molecule has 0 aliphatic carbocycles. The molecule has 2 amide bonds. The average molecular weight is 634 g/mol. The number of nitrogens with one attached hydrogen (secondary N) is 3. The van der Waals surface area contributed by atoms with Gasteiger partial charge in [0.15, 0.2) is 0 Å². The van der Waals surface area contributed by atoms with E-state index in [-0.39, 0.29) is 31.6 Å². The molecule has 0 spiro atoms. The van der Waals surface area contributed by atoms with E-state index < -0.39 is 18.0 Å². The predicted octanol–water partition coefficient (Wildman–Crippen LogP) is 2.03. The van der Waals surface area contributed by atoms with Crippen molar-refractivity contribution in [2.24, 2.45) is 22.9 Å². The van der Waals surface area contributed by atoms with Gasteiger partial charge in [0.1, 0.15) is 17.2 Å². The zero-order chi connectivity index (χ0) is 31.4. The van der Waals surface area contributed by atoms with Crippen LogP contribution in [-0.2, 0) is 29.1 Å². The Kier molecular flexibility index (Phi) is 9.89. The van der Waals surface area contributed by atoms with Crippen molar-refractivity contribution < 1.29 is 9.59 Å². The Hall–Kier alpha value is -3.91. The summed E-state index contributed by atoms with van der Waals surface area (Å²) < 4.78 is 0. The summed E-state index contributed by atoms with van der Waals surface area (Å²) in [4.78, 5) is 36.9. The van der Waals surface area contributed by atoms with Crippen molar-refractivity contribution in [3.8, 4) is 0 Å². The first-order chi connectivity index (χ1) is 21.2. The first-order valence-electron chi connectivity index (χ1n) is 14.1. The maximum atomic E-state index is 13.9. The number of para-hydroxylation sites is 1. The molecular formula is C31H36ClN9O2S. The molecule has 13 heteroatoms. The number of pyridine rings is 1. The van der Waals surface area contributed by atoms with Gasteiger partial charge in [-0.05, 0) is 46.5 Å². The maximum absolute atomic E-state index is 13.9. The van der Waals surface area contributed by atoms with Gasteiger partial charge in [-0.1, -0.05) is 47.6 Å². The SMILES string of the molecule is CN(C(=O)[C@@H](N)CN)[C@@H](Cc1c[nH]c2ccccc12)C(=O)NCc1cc(C2=CN[C@@H]2N)cc(Cl)c1Sc1ncccc1CN. The van der Waals surface area contributed by atoms with Gasteiger partial charge < -0.3 is 43.5 Å². The van der Waals surface area contributed by atoms with Crippen LogP contribution in [0.5, 0.6) is 0 Å². The van der Waals surface area contributed by atoms with Crippen LogP contribution >= 0.6 is 23.4 Å². The van der Waals surface area contributed by atoms with Crippen molar-refractivity contribution in [1.29, 1.82) is 0 Å². The lowest BCUT2D eigenvalue weighted by atomic mass is 9.98. The molecule has 0 unspecified atom stereocenters. The number of aromatic nitrogens is 2. The second kappa shape index (κ2) is 13.8. The van der Waals surface area contributed by atoms with Gasteiger partial charge in [-0.15, -0.1) is 0 Å². The Labute approximate surface area is 264 Å². The molecule has 0 saturated carbocycles. The van der Waals surface area contributed by atoms with E-state index >= 15 is 0 Å². The molecule has 0 bridgehead atoms. The Morgan fingerprint density at radius 2 is 1.93 bits per heavy atom. The monoisotopic (exact) mass is 633 g/mol. The Morgan fingerprint density at radius 1 is 1.14 bits per heavy atom. The minimum Gasteiger partial charge on any atom is -0.372 e. The number of amides is 2. The fraction of sp³-hybridized carbons (Fsp3) is 0.258. The summed E-state index contributed by atoms with van der Waals surface area (Å²) in [6.07, 6.45) is 5.33. The number of benzene rings is 2. The van der Waals surface area contributed by atoms with Crippen LogP contribution in [0.1, 0.15) is 22.3 Å². The minimum absolute atomic E-state index is 0.0401. The van der Waals surface area contributed by atoms with E-state index in [9.17, 15) is 9.59 Å². The lowest BCUT2D eigenvalue weighted by molar-refractivity contribution is -0.139. The summed E-state index contributed by atoms with van der Waals surface area (Å²) in [5.74, 6) is -0.772. The number of hydrogen-bond donors (Lipinski definition) is 7. The van der Waals surface area contributed by atoms with Gasteiger partial charge in [0.2, 0.25) is 11.8 Å². The van der Waals surface area contributed by atoms with Crippen molar-refractivity contribution in [3.05, 3.63) is 94.4 Å². The second-order valence-corrected chi connectivity index (χ2v) is 12.0. The molecule has 3 heterocycles. The van der Waals surface area contributed by atoms with Crippen molar-refractivity contribution in [2.45, 2.75) is 47.7 Å². The normalized spacial score (nSPS) is 15.6. The lowest BCUT2D eigenvalue weighted by Gasteiger charge is -2.29. The van der Waals surface area contributed by atoms with Crippen LogP contribution in [0.3, 0.4) is 0 Å². The van der Waals surface area contributed by atoms with E-state index in [0.29, 0.717) is 11.6 Å². The van der Waals surface area contributed by atoms with E-state index in [2.05, 4.69) is 20.6 Å². The number of nitrogens with zero attached hydrogens (tertiary/aromatic N) is 2. The second-order valence-electron chi connectivity index (χ2n) is 10.6. The Morgan fingerprint density at radius 3 is 2.64 bits per heavy atom. The van der Waals surface area contributed by atoms with Gasteiger partial charge in [0.05, 0.1) is 11.1 Å². The van der Waals surface area contributed by atoms with Crippen molar-refractivity contribution in [2.75, 3.05) is 13.6 Å². The molecule has 1 aliphatic rings. The number of H-pyrrole nitrogens is 1. The van der Waals surface area contributed by atoms with E-state index in [1.165, 1.54) is 16.7 Å². The van der Waals surface area contributed by atoms with E-state index in [0.717, 1.165) is 48.7 Å². The largest absolute Gasteiger partial charge is 0.372 e. The number of carbonyl (C=O) groups excluding carboxylic acids is 2. The Balaban J connectivity index is 1.46. The van der Waals surface area contributed by atoms with Crippen molar-refractivity contribution in [1.82, 2.24) is 25.5 Å². The number of fused-ring (bicyclic) bond motifs is 1. The van der Waals surface area contributed by atoms with Crippen molar-refractivity contribution >= 4 is 51.7 Å². The molecule has 44 heavy (non-hydrogen) atoms. The van der Waals surface area contributed by atoms with Crippen LogP contribution in [0.2, 0.25) is 5.02 Å². The third kappa shape index (κ3) is 6.60. The van der Waals surface area contributed by atoms with Gasteiger partial charge in [-0.3, -0.25) is 9.59 Å². The molecule has 0 radical (unpaired) electrons. The van der Waals surface area contributed by atoms with Gasteiger partial charge >= 0.3 is 0 Å². The summed E-state index contributed by atoms with van der Waals surface area (Å²) in [5.41, 5.74) is 29.0. The highest BCUT2D eigenvalue weighted by molar-refractivity contribution is 7.99. The molecule has 3 atom stereocenters. The number of carbonyl (C=O) groups is 2. The molecule has 11 N–H and O–H groups in total. The van der Waals surface area contributed by atoms with Gasteiger partial charge in [-0.25, -0.2) is 4.98 Å². The topological polar surface area (TPSA) is 194 Å². The lowest BCUT2D eigenvalue weighted by Crippen LogP contribution is -2.54. The molecule has 0 saturated heterocycles. The third-order valence-electron chi connectivity index (χ3n) is 7.71. The highest BCUT2D eigenvalue weighted by atomic mass is 35.5. The smallest absolute Gasteiger partial charge is 0.243 e. The van der Waals surface area contributed by atoms with E-state index in [1.807, 2.05) is 60.9 Å². The zero-order valence-electron chi connectivity index (χ0n) is 24.2. The first kappa shape index (κ1) is 31.5. The number of halogens is 1. The third-order valence-corrected chi connectivity index (χ3v) is 9.36. The molecule has 230 valence electrons. The van der Waals surface area contributed by atoms with Crippen LogP contribution in [-0.4, -0.2) is 58.5 Å². The summed E-state index contributed by atoms with van der Waals surface area (Å²) >= 11 is 8.24. The molecule has 2 aromatic carbocycles. The quantitative estimate of drug-likeness (QED) is 0.122. The summed E-state index contributed by atoms with van der Waals surface area (Å²) in [6, 6.07) is 13.6. The highest BCUT2D eigenvalue weighted by Gasteiger charge is 2.31. The van der Waals surface area contributed by atoms with Crippen LogP contribution in [0.15, 0.2) is 77.0 Å².